The van der Waals surface area contributed by atoms with Crippen molar-refractivity contribution in [2.45, 2.75) is 25.8 Å². The molecule has 0 aliphatic heterocycles. The van der Waals surface area contributed by atoms with Crippen molar-refractivity contribution >= 4 is 22.6 Å². The van der Waals surface area contributed by atoms with Crippen molar-refractivity contribution in [1.82, 2.24) is 29.9 Å². The summed E-state index contributed by atoms with van der Waals surface area (Å²) in [5.74, 6) is 0.656. The lowest BCUT2D eigenvalue weighted by molar-refractivity contribution is 0.0990. The zero-order valence-corrected chi connectivity index (χ0v) is 22.0. The van der Waals surface area contributed by atoms with Crippen LogP contribution in [0, 0.1) is 5.82 Å². The SMILES string of the molecule is COCC(C)(C)Nc1n[nH]c2nccc(Oc3ccc(CC(=O)c4ccnn(-c5ccc(F)cc5)c4=O)nc3)c12. The van der Waals surface area contributed by atoms with E-state index in [1.165, 1.54) is 42.7 Å². The second-order valence-corrected chi connectivity index (χ2v) is 9.67. The van der Waals surface area contributed by atoms with Crippen LogP contribution in [0.1, 0.15) is 29.9 Å². The molecule has 0 fully saturated rings. The van der Waals surface area contributed by atoms with Gasteiger partial charge in [0.15, 0.2) is 17.2 Å². The molecule has 4 aromatic heterocycles. The van der Waals surface area contributed by atoms with Gasteiger partial charge in [0.1, 0.15) is 22.7 Å². The Hall–Kier alpha value is -4.97. The Labute approximate surface area is 228 Å². The van der Waals surface area contributed by atoms with Crippen LogP contribution in [-0.2, 0) is 11.2 Å². The number of carbonyl (C=O) groups is 1. The third kappa shape index (κ3) is 5.71. The van der Waals surface area contributed by atoms with E-state index >= 15 is 0 Å². The van der Waals surface area contributed by atoms with Crippen molar-refractivity contribution in [2.24, 2.45) is 0 Å². The number of ether oxygens (including phenoxy) is 2. The molecule has 0 saturated heterocycles. The molecular weight excluding hydrogens is 517 g/mol. The fourth-order valence-electron chi connectivity index (χ4n) is 4.17. The van der Waals surface area contributed by atoms with Gasteiger partial charge >= 0.3 is 0 Å². The van der Waals surface area contributed by atoms with E-state index in [1.54, 1.807) is 31.5 Å². The maximum atomic E-state index is 13.3. The zero-order valence-electron chi connectivity index (χ0n) is 22.0. The highest BCUT2D eigenvalue weighted by atomic mass is 19.1. The summed E-state index contributed by atoms with van der Waals surface area (Å²) in [6, 6.07) is 11.7. The number of aromatic nitrogens is 6. The van der Waals surface area contributed by atoms with Crippen molar-refractivity contribution in [1.29, 1.82) is 0 Å². The van der Waals surface area contributed by atoms with Crippen LogP contribution in [0.4, 0.5) is 10.2 Å². The van der Waals surface area contributed by atoms with Crippen molar-refractivity contribution in [2.75, 3.05) is 19.0 Å². The molecule has 1 aromatic carbocycles. The summed E-state index contributed by atoms with van der Waals surface area (Å²) in [6.45, 7) is 4.44. The van der Waals surface area contributed by atoms with Gasteiger partial charge in [-0.1, -0.05) is 0 Å². The number of H-pyrrole nitrogens is 1. The number of carbonyl (C=O) groups excluding carboxylic acids is 1. The van der Waals surface area contributed by atoms with E-state index in [2.05, 4.69) is 30.6 Å². The lowest BCUT2D eigenvalue weighted by atomic mass is 10.1. The number of nitrogens with zero attached hydrogens (tertiary/aromatic N) is 5. The average Bonchev–Trinajstić information content (AvgIpc) is 3.33. The van der Waals surface area contributed by atoms with E-state index < -0.39 is 22.7 Å². The van der Waals surface area contributed by atoms with Crippen LogP contribution in [0.3, 0.4) is 0 Å². The molecule has 0 aliphatic carbocycles. The Morgan fingerprint density at radius 3 is 2.60 bits per heavy atom. The number of methoxy groups -OCH3 is 1. The Kier molecular flexibility index (Phi) is 7.34. The predicted molar refractivity (Wildman–Crippen MR) is 146 cm³/mol. The minimum Gasteiger partial charge on any atom is -0.455 e. The quantitative estimate of drug-likeness (QED) is 0.250. The molecule has 0 aliphatic rings. The fourth-order valence-corrected chi connectivity index (χ4v) is 4.17. The monoisotopic (exact) mass is 543 g/mol. The van der Waals surface area contributed by atoms with Gasteiger partial charge in [-0.2, -0.15) is 14.9 Å². The number of aromatic amines is 1. The molecule has 0 amide bonds. The zero-order chi connectivity index (χ0) is 28.3. The molecule has 11 nitrogen and oxygen atoms in total. The first kappa shape index (κ1) is 26.6. The Bertz CT molecular complexity index is 1710. The highest BCUT2D eigenvalue weighted by molar-refractivity contribution is 5.97. The average molecular weight is 544 g/mol. The maximum absolute atomic E-state index is 13.3. The summed E-state index contributed by atoms with van der Waals surface area (Å²) in [6.07, 6.45) is 4.36. The number of hydrogen-bond acceptors (Lipinski definition) is 9. The fraction of sp³-hybridized carbons (Fsp3) is 0.214. The Balaban J connectivity index is 1.32. The largest absolute Gasteiger partial charge is 0.455 e. The number of pyridine rings is 2. The van der Waals surface area contributed by atoms with Crippen LogP contribution in [-0.4, -0.2) is 55.0 Å². The first-order valence-electron chi connectivity index (χ1n) is 12.3. The lowest BCUT2D eigenvalue weighted by Gasteiger charge is -2.25. The van der Waals surface area contributed by atoms with Gasteiger partial charge in [0, 0.05) is 31.3 Å². The Morgan fingerprint density at radius 2 is 1.88 bits per heavy atom. The van der Waals surface area contributed by atoms with Crippen molar-refractivity contribution in [3.63, 3.8) is 0 Å². The van der Waals surface area contributed by atoms with Gasteiger partial charge in [0.2, 0.25) is 0 Å². The molecule has 0 radical (unpaired) electrons. The number of rotatable bonds is 10. The van der Waals surface area contributed by atoms with E-state index in [4.69, 9.17) is 9.47 Å². The topological polar surface area (TPSA) is 137 Å². The third-order valence-corrected chi connectivity index (χ3v) is 5.97. The van der Waals surface area contributed by atoms with Crippen molar-refractivity contribution < 1.29 is 18.7 Å². The van der Waals surface area contributed by atoms with Gasteiger partial charge < -0.3 is 14.8 Å². The van der Waals surface area contributed by atoms with Gasteiger partial charge in [0.25, 0.3) is 5.56 Å². The summed E-state index contributed by atoms with van der Waals surface area (Å²) in [5, 5.41) is 15.3. The van der Waals surface area contributed by atoms with E-state index in [0.29, 0.717) is 46.3 Å². The molecule has 5 rings (SSSR count). The number of Topliss-reactive ketones (excluding diaryl/α,β-unsaturated/α-hetero) is 1. The smallest absolute Gasteiger partial charge is 0.282 e. The number of ketones is 1. The van der Waals surface area contributed by atoms with Crippen LogP contribution in [0.2, 0.25) is 0 Å². The number of nitrogens with one attached hydrogen (secondary N) is 2. The minimum atomic E-state index is -0.598. The standard InChI is InChI=1S/C28H26FN7O4/c1-28(2,16-39-3)33-26-24-23(11-12-30-25(24)34-35-26)40-20-9-6-18(31-15-20)14-22(37)21-10-13-32-36(27(21)38)19-7-4-17(29)5-8-19/h4-13,15H,14,16H2,1-3H3,(H2,30,33,34,35). The van der Waals surface area contributed by atoms with Gasteiger partial charge in [-0.3, -0.25) is 19.7 Å². The van der Waals surface area contributed by atoms with Gasteiger partial charge in [-0.05, 0) is 56.3 Å². The normalized spacial score (nSPS) is 11.5. The molecule has 204 valence electrons. The molecule has 5 aromatic rings. The van der Waals surface area contributed by atoms with Crippen LogP contribution >= 0.6 is 0 Å². The van der Waals surface area contributed by atoms with Gasteiger partial charge in [-0.25, -0.2) is 9.37 Å². The number of fused-ring (bicyclic) bond motifs is 1. The van der Waals surface area contributed by atoms with Crippen LogP contribution in [0.25, 0.3) is 16.7 Å². The first-order chi connectivity index (χ1) is 19.2. The molecule has 0 unspecified atom stereocenters. The highest BCUT2D eigenvalue weighted by Crippen LogP contribution is 2.33. The molecule has 0 spiro atoms. The second-order valence-electron chi connectivity index (χ2n) is 9.67. The summed E-state index contributed by atoms with van der Waals surface area (Å²) in [7, 11) is 1.63. The molecule has 0 saturated carbocycles. The number of halogens is 1. The molecule has 2 N–H and O–H groups in total. The van der Waals surface area contributed by atoms with Crippen LogP contribution < -0.4 is 15.6 Å². The van der Waals surface area contributed by atoms with E-state index in [0.717, 1.165) is 4.68 Å². The summed E-state index contributed by atoms with van der Waals surface area (Å²) >= 11 is 0. The number of anilines is 1. The lowest BCUT2D eigenvalue weighted by Crippen LogP contribution is -2.36. The molecule has 0 bridgehead atoms. The summed E-state index contributed by atoms with van der Waals surface area (Å²) < 4.78 is 25.7. The number of hydrogen-bond donors (Lipinski definition) is 2. The predicted octanol–water partition coefficient (Wildman–Crippen LogP) is 4.09. The third-order valence-electron chi connectivity index (χ3n) is 5.97. The summed E-state index contributed by atoms with van der Waals surface area (Å²) in [4.78, 5) is 34.5. The van der Waals surface area contributed by atoms with Crippen molar-refractivity contribution in [3.05, 3.63) is 94.5 Å². The van der Waals surface area contributed by atoms with Gasteiger partial charge in [-0.15, -0.1) is 0 Å². The summed E-state index contributed by atoms with van der Waals surface area (Å²) in [5.41, 5.74) is 0.317. The first-order valence-corrected chi connectivity index (χ1v) is 12.3. The molecular formula is C28H26FN7O4. The van der Waals surface area contributed by atoms with E-state index in [9.17, 15) is 14.0 Å². The minimum absolute atomic E-state index is 0.0444. The van der Waals surface area contributed by atoms with Gasteiger partial charge in [0.05, 0.1) is 36.0 Å². The van der Waals surface area contributed by atoms with E-state index in [-0.39, 0.29) is 12.0 Å². The molecule has 12 heteroatoms. The van der Waals surface area contributed by atoms with E-state index in [1.807, 2.05) is 13.8 Å². The highest BCUT2D eigenvalue weighted by Gasteiger charge is 2.22. The van der Waals surface area contributed by atoms with Crippen LogP contribution in [0.15, 0.2) is 71.9 Å². The van der Waals surface area contributed by atoms with Crippen LogP contribution in [0.5, 0.6) is 11.5 Å². The second kappa shape index (κ2) is 11.0. The molecule has 40 heavy (non-hydrogen) atoms. The molecule has 4 heterocycles. The number of benzene rings is 1. The van der Waals surface area contributed by atoms with Crippen molar-refractivity contribution in [3.8, 4) is 17.2 Å². The molecule has 0 atom stereocenters. The Morgan fingerprint density at radius 1 is 1.07 bits per heavy atom. The maximum Gasteiger partial charge on any atom is 0.282 e.